The lowest BCUT2D eigenvalue weighted by atomic mass is 10.1. The van der Waals surface area contributed by atoms with Crippen LogP contribution in [0.2, 0.25) is 0 Å². The predicted molar refractivity (Wildman–Crippen MR) is 121 cm³/mol. The van der Waals surface area contributed by atoms with Crippen LogP contribution in [0.3, 0.4) is 0 Å². The van der Waals surface area contributed by atoms with Gasteiger partial charge in [-0.15, -0.1) is 0 Å². The van der Waals surface area contributed by atoms with Crippen molar-refractivity contribution < 1.29 is 14.0 Å². The van der Waals surface area contributed by atoms with Crippen LogP contribution in [0, 0.1) is 5.82 Å². The molecule has 0 radical (unpaired) electrons. The number of amides is 2. The van der Waals surface area contributed by atoms with Crippen molar-refractivity contribution in [3.05, 3.63) is 94.9 Å². The molecule has 30 heavy (non-hydrogen) atoms. The van der Waals surface area contributed by atoms with Gasteiger partial charge in [-0.3, -0.25) is 19.5 Å². The number of pyridine rings is 1. The minimum Gasteiger partial charge on any atom is -0.322 e. The molecule has 1 aliphatic rings. The third-order valence-electron chi connectivity index (χ3n) is 4.27. The second-order valence-electron chi connectivity index (χ2n) is 6.31. The van der Waals surface area contributed by atoms with Gasteiger partial charge in [0.05, 0.1) is 10.6 Å². The lowest BCUT2D eigenvalue weighted by Gasteiger charge is -2.15. The number of benzene rings is 2. The molecule has 0 unspecified atom stereocenters. The molecule has 2 aromatic carbocycles. The van der Waals surface area contributed by atoms with E-state index in [1.54, 1.807) is 54.9 Å². The summed E-state index contributed by atoms with van der Waals surface area (Å²) in [4.78, 5) is 31.4. The zero-order chi connectivity index (χ0) is 21.1. The van der Waals surface area contributed by atoms with Gasteiger partial charge < -0.3 is 5.32 Å². The van der Waals surface area contributed by atoms with Crippen LogP contribution in [0.5, 0.6) is 0 Å². The number of halogens is 1. The molecule has 0 aliphatic carbocycles. The molecule has 8 heteroatoms. The number of rotatable bonds is 4. The Morgan fingerprint density at radius 1 is 1.10 bits per heavy atom. The average Bonchev–Trinajstić information content (AvgIpc) is 3.03. The number of nitrogens with one attached hydrogen (secondary N) is 1. The Morgan fingerprint density at radius 3 is 2.57 bits per heavy atom. The first-order valence-corrected chi connectivity index (χ1v) is 10.1. The smallest absolute Gasteiger partial charge is 0.270 e. The van der Waals surface area contributed by atoms with Crippen LogP contribution in [0.15, 0.2) is 78.0 Å². The summed E-state index contributed by atoms with van der Waals surface area (Å²) in [5.74, 6) is -1.01. The van der Waals surface area contributed by atoms with E-state index in [2.05, 4.69) is 10.3 Å². The van der Waals surface area contributed by atoms with Crippen molar-refractivity contribution in [2.75, 3.05) is 10.2 Å². The summed E-state index contributed by atoms with van der Waals surface area (Å²) in [6.45, 7) is 0. The van der Waals surface area contributed by atoms with Crippen LogP contribution in [0.4, 0.5) is 15.8 Å². The van der Waals surface area contributed by atoms with E-state index in [0.717, 1.165) is 5.56 Å². The van der Waals surface area contributed by atoms with Gasteiger partial charge in [0, 0.05) is 23.6 Å². The molecule has 4 rings (SSSR count). The number of anilines is 2. The van der Waals surface area contributed by atoms with Gasteiger partial charge in [0.1, 0.15) is 5.82 Å². The number of thioether (sulfide) groups is 1. The third kappa shape index (κ3) is 4.29. The molecule has 148 valence electrons. The number of hydrogen-bond donors (Lipinski definition) is 1. The molecule has 1 aromatic heterocycles. The zero-order valence-corrected chi connectivity index (χ0v) is 17.0. The fourth-order valence-electron chi connectivity index (χ4n) is 2.82. The van der Waals surface area contributed by atoms with Crippen molar-refractivity contribution in [3.63, 3.8) is 0 Å². The SMILES string of the molecule is O=C(Nc1ccc(F)cc1)c1cccc(N2C(=O)/C(=C\c3ccncc3)SC2=S)c1. The lowest BCUT2D eigenvalue weighted by molar-refractivity contribution is -0.113. The summed E-state index contributed by atoms with van der Waals surface area (Å²) in [5.41, 5.74) is 2.17. The minimum absolute atomic E-state index is 0.252. The molecule has 5 nitrogen and oxygen atoms in total. The van der Waals surface area contributed by atoms with Gasteiger partial charge in [0.25, 0.3) is 11.8 Å². The van der Waals surface area contributed by atoms with E-state index >= 15 is 0 Å². The van der Waals surface area contributed by atoms with Gasteiger partial charge in [-0.05, 0) is 66.2 Å². The summed E-state index contributed by atoms with van der Waals surface area (Å²) < 4.78 is 13.4. The highest BCUT2D eigenvalue weighted by molar-refractivity contribution is 8.27. The fourth-order valence-corrected chi connectivity index (χ4v) is 4.12. The molecular weight excluding hydrogens is 421 g/mol. The fraction of sp³-hybridized carbons (Fsp3) is 0. The number of thiocarbonyl (C=S) groups is 1. The Balaban J connectivity index is 1.56. The number of carbonyl (C=O) groups excluding carboxylic acids is 2. The van der Waals surface area contributed by atoms with E-state index in [1.807, 2.05) is 0 Å². The second-order valence-corrected chi connectivity index (χ2v) is 7.98. The van der Waals surface area contributed by atoms with Crippen LogP contribution in [-0.2, 0) is 4.79 Å². The highest BCUT2D eigenvalue weighted by Gasteiger charge is 2.33. The van der Waals surface area contributed by atoms with Gasteiger partial charge in [-0.1, -0.05) is 30.0 Å². The van der Waals surface area contributed by atoms with Crippen LogP contribution in [-0.4, -0.2) is 21.1 Å². The Kier molecular flexibility index (Phi) is 5.69. The first-order chi connectivity index (χ1) is 14.5. The van der Waals surface area contributed by atoms with E-state index in [1.165, 1.54) is 40.9 Å². The number of hydrogen-bond acceptors (Lipinski definition) is 5. The maximum Gasteiger partial charge on any atom is 0.270 e. The Morgan fingerprint density at radius 2 is 1.83 bits per heavy atom. The summed E-state index contributed by atoms with van der Waals surface area (Å²) in [5, 5.41) is 2.70. The monoisotopic (exact) mass is 435 g/mol. The largest absolute Gasteiger partial charge is 0.322 e. The quantitative estimate of drug-likeness (QED) is 0.468. The molecule has 0 bridgehead atoms. The van der Waals surface area contributed by atoms with Crippen LogP contribution in [0.25, 0.3) is 6.08 Å². The number of carbonyl (C=O) groups is 2. The molecule has 1 aliphatic heterocycles. The molecule has 0 atom stereocenters. The molecule has 3 aromatic rings. The van der Waals surface area contributed by atoms with Crippen molar-refractivity contribution in [1.82, 2.24) is 4.98 Å². The minimum atomic E-state index is -0.385. The summed E-state index contributed by atoms with van der Waals surface area (Å²) in [7, 11) is 0. The van der Waals surface area contributed by atoms with E-state index in [4.69, 9.17) is 12.2 Å². The molecule has 2 heterocycles. The third-order valence-corrected chi connectivity index (χ3v) is 5.57. The van der Waals surface area contributed by atoms with Gasteiger partial charge in [-0.2, -0.15) is 0 Å². The number of nitrogens with zero attached hydrogens (tertiary/aromatic N) is 2. The molecule has 1 N–H and O–H groups in total. The molecule has 1 saturated heterocycles. The lowest BCUT2D eigenvalue weighted by Crippen LogP contribution is -2.27. The first kappa shape index (κ1) is 19.9. The Bertz CT molecular complexity index is 1160. The maximum absolute atomic E-state index is 13.0. The summed E-state index contributed by atoms with van der Waals surface area (Å²) in [6, 6.07) is 15.7. The first-order valence-electron chi connectivity index (χ1n) is 8.86. The van der Waals surface area contributed by atoms with E-state index in [-0.39, 0.29) is 17.6 Å². The number of aromatic nitrogens is 1. The molecule has 0 saturated carbocycles. The highest BCUT2D eigenvalue weighted by atomic mass is 32.2. The average molecular weight is 436 g/mol. The Labute approximate surface area is 181 Å². The Hall–Kier alpha value is -3.36. The zero-order valence-electron chi connectivity index (χ0n) is 15.4. The van der Waals surface area contributed by atoms with Crippen molar-refractivity contribution in [1.29, 1.82) is 0 Å². The van der Waals surface area contributed by atoms with E-state index in [0.29, 0.717) is 26.2 Å². The summed E-state index contributed by atoms with van der Waals surface area (Å²) >= 11 is 6.60. The summed E-state index contributed by atoms with van der Waals surface area (Å²) in [6.07, 6.45) is 5.05. The van der Waals surface area contributed by atoms with Gasteiger partial charge >= 0.3 is 0 Å². The van der Waals surface area contributed by atoms with Crippen molar-refractivity contribution in [2.24, 2.45) is 0 Å². The van der Waals surface area contributed by atoms with Crippen molar-refractivity contribution in [2.45, 2.75) is 0 Å². The van der Waals surface area contributed by atoms with Crippen LogP contribution >= 0.6 is 24.0 Å². The van der Waals surface area contributed by atoms with Crippen molar-refractivity contribution >= 4 is 57.6 Å². The normalized spacial score (nSPS) is 15.0. The molecule has 2 amide bonds. The predicted octanol–water partition coefficient (Wildman–Crippen LogP) is 4.88. The topological polar surface area (TPSA) is 62.3 Å². The van der Waals surface area contributed by atoms with Crippen molar-refractivity contribution in [3.8, 4) is 0 Å². The van der Waals surface area contributed by atoms with Crippen LogP contribution < -0.4 is 10.2 Å². The van der Waals surface area contributed by atoms with Gasteiger partial charge in [0.15, 0.2) is 4.32 Å². The standard InChI is InChI=1S/C22H14FN3O2S2/c23-16-4-6-17(7-5-16)25-20(27)15-2-1-3-18(13-15)26-21(28)19(30-22(26)29)12-14-8-10-24-11-9-14/h1-13H,(H,25,27)/b19-12+. The van der Waals surface area contributed by atoms with Gasteiger partial charge in [0.2, 0.25) is 0 Å². The molecule has 0 spiro atoms. The maximum atomic E-state index is 13.0. The van der Waals surface area contributed by atoms with E-state index < -0.39 is 0 Å². The van der Waals surface area contributed by atoms with Crippen LogP contribution in [0.1, 0.15) is 15.9 Å². The molecule has 1 fully saturated rings. The second kappa shape index (κ2) is 8.56. The highest BCUT2D eigenvalue weighted by Crippen LogP contribution is 2.36. The van der Waals surface area contributed by atoms with E-state index in [9.17, 15) is 14.0 Å². The van der Waals surface area contributed by atoms with Gasteiger partial charge in [-0.25, -0.2) is 4.39 Å². The molecular formula is C22H14FN3O2S2.